The van der Waals surface area contributed by atoms with E-state index in [2.05, 4.69) is 218 Å². The van der Waals surface area contributed by atoms with Gasteiger partial charge in [-0.1, -0.05) is 212 Å². The summed E-state index contributed by atoms with van der Waals surface area (Å²) in [5.41, 5.74) is 15.5. The van der Waals surface area contributed by atoms with Gasteiger partial charge in [-0.25, -0.2) is 0 Å². The second-order valence-electron chi connectivity index (χ2n) is 17.0. The van der Waals surface area contributed by atoms with Crippen molar-refractivity contribution < 1.29 is 0 Å². The van der Waals surface area contributed by atoms with Crippen molar-refractivity contribution in [2.45, 2.75) is 5.41 Å². The molecule has 1 spiro atoms. The molecule has 280 valence electrons. The molecule has 0 nitrogen and oxygen atoms in total. The Kier molecular flexibility index (Phi) is 6.58. The van der Waals surface area contributed by atoms with Gasteiger partial charge in [0.05, 0.1) is 5.41 Å². The molecule has 14 rings (SSSR count). The van der Waals surface area contributed by atoms with Crippen LogP contribution in [-0.4, -0.2) is 0 Å². The van der Waals surface area contributed by atoms with Crippen LogP contribution < -0.4 is 0 Å². The van der Waals surface area contributed by atoms with Crippen LogP contribution in [0.5, 0.6) is 0 Å². The summed E-state index contributed by atoms with van der Waals surface area (Å²) in [5, 5.41) is 15.4. The number of fused-ring (bicyclic) bond motifs is 20. The quantitative estimate of drug-likeness (QED) is 0.121. The molecule has 12 aromatic rings. The molecule has 0 heterocycles. The third-order valence-electron chi connectivity index (χ3n) is 14.2. The van der Waals surface area contributed by atoms with Crippen LogP contribution in [0.15, 0.2) is 218 Å². The van der Waals surface area contributed by atoms with E-state index in [1.807, 2.05) is 0 Å². The highest BCUT2D eigenvalue weighted by Crippen LogP contribution is 2.66. The van der Waals surface area contributed by atoms with Crippen LogP contribution >= 0.6 is 0 Å². The fraction of sp³-hybridized carbons (Fsp3) is 0.0164. The summed E-state index contributed by atoms with van der Waals surface area (Å²) >= 11 is 0. The Hall–Kier alpha value is -7.80. The zero-order chi connectivity index (χ0) is 39.8. The summed E-state index contributed by atoms with van der Waals surface area (Å²) in [7, 11) is 0. The van der Waals surface area contributed by atoms with Crippen LogP contribution in [0.4, 0.5) is 0 Å². The van der Waals surface area contributed by atoms with E-state index in [0.29, 0.717) is 0 Å². The maximum atomic E-state index is 2.52. The van der Waals surface area contributed by atoms with Gasteiger partial charge in [0.15, 0.2) is 0 Å². The first kappa shape index (κ1) is 33.1. The lowest BCUT2D eigenvalue weighted by Crippen LogP contribution is -2.26. The van der Waals surface area contributed by atoms with Crippen LogP contribution in [0.1, 0.15) is 22.3 Å². The fourth-order valence-corrected chi connectivity index (χ4v) is 12.0. The van der Waals surface area contributed by atoms with E-state index in [1.165, 1.54) is 131 Å². The predicted octanol–water partition coefficient (Wildman–Crippen LogP) is 16.3. The van der Waals surface area contributed by atoms with Gasteiger partial charge in [0, 0.05) is 0 Å². The first-order valence-corrected chi connectivity index (χ1v) is 21.4. The van der Waals surface area contributed by atoms with E-state index in [0.717, 1.165) is 0 Å². The molecule has 0 saturated carbocycles. The number of benzene rings is 12. The van der Waals surface area contributed by atoms with Gasteiger partial charge in [0.1, 0.15) is 0 Å². The lowest BCUT2D eigenvalue weighted by molar-refractivity contribution is 0.809. The van der Waals surface area contributed by atoms with Gasteiger partial charge in [0.2, 0.25) is 0 Å². The highest BCUT2D eigenvalue weighted by molar-refractivity contribution is 6.26. The van der Waals surface area contributed by atoms with Crippen molar-refractivity contribution in [1.29, 1.82) is 0 Å². The molecule has 0 amide bonds. The molecular formula is C61H36. The van der Waals surface area contributed by atoms with E-state index in [9.17, 15) is 0 Å². The summed E-state index contributed by atoms with van der Waals surface area (Å²) in [6.07, 6.45) is 0. The van der Waals surface area contributed by atoms with Crippen LogP contribution in [0.2, 0.25) is 0 Å². The minimum atomic E-state index is -0.498. The Morgan fingerprint density at radius 1 is 0.230 bits per heavy atom. The lowest BCUT2D eigenvalue weighted by atomic mass is 9.68. The van der Waals surface area contributed by atoms with E-state index >= 15 is 0 Å². The van der Waals surface area contributed by atoms with E-state index in [4.69, 9.17) is 0 Å². The van der Waals surface area contributed by atoms with Gasteiger partial charge < -0.3 is 0 Å². The summed E-state index contributed by atoms with van der Waals surface area (Å²) in [6.45, 7) is 0. The number of hydrogen-bond acceptors (Lipinski definition) is 0. The van der Waals surface area contributed by atoms with E-state index < -0.39 is 5.41 Å². The van der Waals surface area contributed by atoms with Crippen molar-refractivity contribution in [3.63, 3.8) is 0 Å². The van der Waals surface area contributed by atoms with Gasteiger partial charge in [-0.3, -0.25) is 0 Å². The molecule has 61 heavy (non-hydrogen) atoms. The molecule has 0 saturated heterocycles. The Balaban J connectivity index is 1.13. The Labute approximate surface area is 353 Å². The highest BCUT2D eigenvalue weighted by Gasteiger charge is 2.53. The number of rotatable bonds is 2. The summed E-state index contributed by atoms with van der Waals surface area (Å²) in [5.74, 6) is 0. The van der Waals surface area contributed by atoms with Crippen molar-refractivity contribution in [2.75, 3.05) is 0 Å². The van der Waals surface area contributed by atoms with Crippen LogP contribution in [0.25, 0.3) is 109 Å². The van der Waals surface area contributed by atoms with Crippen molar-refractivity contribution in [3.8, 4) is 44.5 Å². The van der Waals surface area contributed by atoms with E-state index in [1.54, 1.807) is 0 Å². The standard InChI is InChI=1S/C61H36/c1-3-19-40-37(16-1)18-15-29-45(40)57-49-27-9-7-25-47(49)56(48-26-8-10-28-50(48)57)39-33-34-51-53(36-39)42-21-5-6-24-46(42)58-52-35-32-38-17-2-4-20-41(38)59(52)61(60(51)58)54-30-13-11-22-43(54)44-23-12-14-31-55(44)61/h1-36H. The normalized spacial score (nSPS) is 13.4. The molecule has 0 fully saturated rings. The predicted molar refractivity (Wildman–Crippen MR) is 259 cm³/mol. The van der Waals surface area contributed by atoms with Gasteiger partial charge in [-0.15, -0.1) is 0 Å². The van der Waals surface area contributed by atoms with Crippen LogP contribution in [-0.2, 0) is 5.41 Å². The maximum absolute atomic E-state index is 2.52. The third kappa shape index (κ3) is 4.19. The molecule has 0 N–H and O–H groups in total. The minimum absolute atomic E-state index is 0.498. The molecule has 12 aromatic carbocycles. The second-order valence-corrected chi connectivity index (χ2v) is 17.0. The molecular weight excluding hydrogens is 733 g/mol. The Bertz CT molecular complexity index is 3770. The molecule has 0 aliphatic heterocycles. The zero-order valence-corrected chi connectivity index (χ0v) is 33.3. The topological polar surface area (TPSA) is 0 Å². The summed E-state index contributed by atoms with van der Waals surface area (Å²) in [6, 6.07) is 82.4. The van der Waals surface area contributed by atoms with E-state index in [-0.39, 0.29) is 0 Å². The average Bonchev–Trinajstić information content (AvgIpc) is 3.81. The summed E-state index contributed by atoms with van der Waals surface area (Å²) < 4.78 is 0. The molecule has 2 aliphatic carbocycles. The Morgan fingerprint density at radius 2 is 0.705 bits per heavy atom. The third-order valence-corrected chi connectivity index (χ3v) is 14.2. The van der Waals surface area contributed by atoms with Gasteiger partial charge >= 0.3 is 0 Å². The van der Waals surface area contributed by atoms with Crippen LogP contribution in [0.3, 0.4) is 0 Å². The van der Waals surface area contributed by atoms with Gasteiger partial charge in [0.25, 0.3) is 0 Å². The minimum Gasteiger partial charge on any atom is -0.0619 e. The molecule has 0 bridgehead atoms. The largest absolute Gasteiger partial charge is 0.0737 e. The number of hydrogen-bond donors (Lipinski definition) is 0. The molecule has 0 aromatic heterocycles. The maximum Gasteiger partial charge on any atom is 0.0737 e. The summed E-state index contributed by atoms with van der Waals surface area (Å²) in [4.78, 5) is 0. The van der Waals surface area contributed by atoms with Crippen molar-refractivity contribution in [2.24, 2.45) is 0 Å². The molecule has 0 unspecified atom stereocenters. The SMILES string of the molecule is c1ccc2c(c1)-c1ccccc1C21c2c(ccc3ccccc23)-c2c1c1ccc(-c3c4ccccc4c(-c4cccc5ccccc45)c4ccccc34)cc1c1ccccc21. The van der Waals surface area contributed by atoms with Crippen LogP contribution in [0, 0.1) is 0 Å². The molecule has 0 atom stereocenters. The van der Waals surface area contributed by atoms with Crippen molar-refractivity contribution in [1.82, 2.24) is 0 Å². The van der Waals surface area contributed by atoms with Gasteiger partial charge in [-0.05, 0) is 137 Å². The zero-order valence-electron chi connectivity index (χ0n) is 33.3. The first-order valence-electron chi connectivity index (χ1n) is 21.4. The lowest BCUT2D eigenvalue weighted by Gasteiger charge is -2.32. The first-order chi connectivity index (χ1) is 30.3. The average molecular weight is 769 g/mol. The molecule has 0 heteroatoms. The van der Waals surface area contributed by atoms with Crippen molar-refractivity contribution in [3.05, 3.63) is 241 Å². The van der Waals surface area contributed by atoms with Gasteiger partial charge in [-0.2, -0.15) is 0 Å². The molecule has 0 radical (unpaired) electrons. The second kappa shape index (κ2) is 12.1. The van der Waals surface area contributed by atoms with Crippen molar-refractivity contribution >= 4 is 64.6 Å². The highest BCUT2D eigenvalue weighted by atomic mass is 14.5. The monoisotopic (exact) mass is 768 g/mol. The molecule has 2 aliphatic rings. The Morgan fingerprint density at radius 3 is 1.36 bits per heavy atom. The smallest absolute Gasteiger partial charge is 0.0619 e. The fourth-order valence-electron chi connectivity index (χ4n) is 12.0.